The van der Waals surface area contributed by atoms with Crippen LogP contribution in [-0.2, 0) is 0 Å². The second kappa shape index (κ2) is 5.30. The van der Waals surface area contributed by atoms with Crippen LogP contribution in [0.15, 0.2) is 12.4 Å². The van der Waals surface area contributed by atoms with Gasteiger partial charge >= 0.3 is 0 Å². The van der Waals surface area contributed by atoms with Gasteiger partial charge in [0.2, 0.25) is 0 Å². The number of hydrogen-bond acceptors (Lipinski definition) is 5. The number of hydrogen-bond donors (Lipinski definition) is 2. The van der Waals surface area contributed by atoms with Crippen molar-refractivity contribution in [3.05, 3.63) is 18.2 Å². The van der Waals surface area contributed by atoms with Gasteiger partial charge in [0.05, 0.1) is 23.8 Å². The van der Waals surface area contributed by atoms with Gasteiger partial charge in [0.25, 0.3) is 0 Å². The van der Waals surface area contributed by atoms with Gasteiger partial charge in [-0.05, 0) is 12.8 Å². The number of piperidine rings is 1. The second-order valence-electron chi connectivity index (χ2n) is 5.25. The summed E-state index contributed by atoms with van der Waals surface area (Å²) in [6.45, 7) is 4.89. The van der Waals surface area contributed by atoms with Gasteiger partial charge in [0.1, 0.15) is 0 Å². The molecular weight excluding hydrogens is 245 g/mol. The van der Waals surface area contributed by atoms with Gasteiger partial charge in [-0.3, -0.25) is 9.88 Å². The molecule has 104 valence electrons. The molecule has 2 aliphatic rings. The summed E-state index contributed by atoms with van der Waals surface area (Å²) < 4.78 is 13.8. The van der Waals surface area contributed by atoms with Crippen LogP contribution in [0.25, 0.3) is 0 Å². The largest absolute Gasteiger partial charge is 0.396 e. The Hall–Kier alpha value is -1.40. The van der Waals surface area contributed by atoms with E-state index in [-0.39, 0.29) is 5.82 Å². The van der Waals surface area contributed by atoms with E-state index in [0.717, 1.165) is 45.7 Å². The fourth-order valence-corrected chi connectivity index (χ4v) is 3.07. The maximum atomic E-state index is 13.8. The van der Waals surface area contributed by atoms with Crippen molar-refractivity contribution in [3.8, 4) is 0 Å². The van der Waals surface area contributed by atoms with Gasteiger partial charge in [-0.1, -0.05) is 0 Å². The van der Waals surface area contributed by atoms with Crippen LogP contribution in [0.2, 0.25) is 0 Å². The summed E-state index contributed by atoms with van der Waals surface area (Å²) in [5.74, 6) is -0.318. The van der Waals surface area contributed by atoms with Crippen LogP contribution in [0.4, 0.5) is 15.8 Å². The van der Waals surface area contributed by atoms with E-state index in [2.05, 4.69) is 15.2 Å². The number of halogens is 1. The lowest BCUT2D eigenvalue weighted by Crippen LogP contribution is -2.44. The van der Waals surface area contributed by atoms with E-state index in [1.54, 1.807) is 0 Å². The van der Waals surface area contributed by atoms with E-state index in [4.69, 9.17) is 5.73 Å². The molecule has 2 saturated heterocycles. The first kappa shape index (κ1) is 12.6. The first-order valence-electron chi connectivity index (χ1n) is 6.84. The van der Waals surface area contributed by atoms with Crippen LogP contribution in [-0.4, -0.2) is 48.8 Å². The highest BCUT2D eigenvalue weighted by molar-refractivity contribution is 5.67. The van der Waals surface area contributed by atoms with Gasteiger partial charge in [0, 0.05) is 38.9 Å². The highest BCUT2D eigenvalue weighted by atomic mass is 19.1. The smallest absolute Gasteiger partial charge is 0.166 e. The van der Waals surface area contributed by atoms with Crippen molar-refractivity contribution < 1.29 is 4.39 Å². The Bertz CT molecular complexity index is 418. The van der Waals surface area contributed by atoms with E-state index in [1.807, 2.05) is 4.90 Å². The molecule has 0 unspecified atom stereocenters. The third-order valence-electron chi connectivity index (χ3n) is 4.09. The minimum absolute atomic E-state index is 0.318. The summed E-state index contributed by atoms with van der Waals surface area (Å²) in [5, 5.41) is 3.35. The molecule has 5 nitrogen and oxygen atoms in total. The average Bonchev–Trinajstić information content (AvgIpc) is 2.93. The van der Waals surface area contributed by atoms with Crippen LogP contribution >= 0.6 is 0 Å². The Kier molecular flexibility index (Phi) is 3.52. The zero-order valence-electron chi connectivity index (χ0n) is 11.0. The van der Waals surface area contributed by atoms with Crippen molar-refractivity contribution in [1.82, 2.24) is 15.2 Å². The molecule has 3 rings (SSSR count). The molecule has 0 aliphatic carbocycles. The third kappa shape index (κ3) is 2.50. The molecule has 3 heterocycles. The normalized spacial score (nSPS) is 22.1. The lowest BCUT2D eigenvalue weighted by atomic mass is 10.0. The SMILES string of the molecule is Nc1cncc(F)c1N1CCC(N2CCNC2)CC1. The van der Waals surface area contributed by atoms with E-state index >= 15 is 0 Å². The number of nitrogens with zero attached hydrogens (tertiary/aromatic N) is 3. The number of pyridine rings is 1. The van der Waals surface area contributed by atoms with Gasteiger partial charge in [-0.25, -0.2) is 4.39 Å². The van der Waals surface area contributed by atoms with Crippen LogP contribution < -0.4 is 16.0 Å². The number of aromatic nitrogens is 1. The number of nitrogens with two attached hydrogens (primary N) is 1. The summed E-state index contributed by atoms with van der Waals surface area (Å²) in [4.78, 5) is 8.30. The van der Waals surface area contributed by atoms with Crippen LogP contribution in [0, 0.1) is 5.82 Å². The lowest BCUT2D eigenvalue weighted by Gasteiger charge is -2.37. The van der Waals surface area contributed by atoms with Gasteiger partial charge in [-0.15, -0.1) is 0 Å². The Labute approximate surface area is 112 Å². The molecule has 0 amide bonds. The standard InChI is InChI=1S/C13H20FN5/c14-11-7-17-8-12(15)13(11)18-4-1-10(2-5-18)19-6-3-16-9-19/h7-8,10,16H,1-6,9,15H2. The second-order valence-corrected chi connectivity index (χ2v) is 5.25. The third-order valence-corrected chi connectivity index (χ3v) is 4.09. The van der Waals surface area contributed by atoms with Crippen molar-refractivity contribution in [2.75, 3.05) is 43.5 Å². The van der Waals surface area contributed by atoms with Gasteiger partial charge in [-0.2, -0.15) is 0 Å². The van der Waals surface area contributed by atoms with Crippen molar-refractivity contribution >= 4 is 11.4 Å². The van der Waals surface area contributed by atoms with E-state index < -0.39 is 0 Å². The average molecular weight is 265 g/mol. The molecule has 0 radical (unpaired) electrons. The highest BCUT2D eigenvalue weighted by Crippen LogP contribution is 2.29. The zero-order valence-corrected chi connectivity index (χ0v) is 11.0. The molecule has 0 saturated carbocycles. The van der Waals surface area contributed by atoms with E-state index in [1.165, 1.54) is 12.4 Å². The quantitative estimate of drug-likeness (QED) is 0.821. The van der Waals surface area contributed by atoms with Crippen molar-refractivity contribution in [2.24, 2.45) is 0 Å². The van der Waals surface area contributed by atoms with Gasteiger partial charge in [0.15, 0.2) is 5.82 Å². The molecule has 1 aromatic heterocycles. The molecule has 0 aromatic carbocycles. The zero-order chi connectivity index (χ0) is 13.2. The Morgan fingerprint density at radius 1 is 1.26 bits per heavy atom. The fraction of sp³-hybridized carbons (Fsp3) is 0.615. The Morgan fingerprint density at radius 3 is 2.68 bits per heavy atom. The van der Waals surface area contributed by atoms with Crippen molar-refractivity contribution in [1.29, 1.82) is 0 Å². The van der Waals surface area contributed by atoms with Gasteiger partial charge < -0.3 is 16.0 Å². The monoisotopic (exact) mass is 265 g/mol. The predicted molar refractivity (Wildman–Crippen MR) is 73.4 cm³/mol. The molecule has 0 spiro atoms. The maximum Gasteiger partial charge on any atom is 0.166 e. The number of rotatable bonds is 2. The molecule has 0 atom stereocenters. The summed E-state index contributed by atoms with van der Waals surface area (Å²) in [5.41, 5.74) is 6.80. The fourth-order valence-electron chi connectivity index (χ4n) is 3.07. The number of anilines is 2. The van der Waals surface area contributed by atoms with Crippen LogP contribution in [0.1, 0.15) is 12.8 Å². The molecule has 1 aromatic rings. The predicted octanol–water partition coefficient (Wildman–Crippen LogP) is 0.634. The minimum Gasteiger partial charge on any atom is -0.396 e. The molecular formula is C13H20FN5. The van der Waals surface area contributed by atoms with E-state index in [9.17, 15) is 4.39 Å². The Balaban J connectivity index is 1.66. The maximum absolute atomic E-state index is 13.8. The molecule has 2 aliphatic heterocycles. The minimum atomic E-state index is -0.318. The Morgan fingerprint density at radius 2 is 2.05 bits per heavy atom. The molecule has 19 heavy (non-hydrogen) atoms. The molecule has 6 heteroatoms. The topological polar surface area (TPSA) is 57.4 Å². The van der Waals surface area contributed by atoms with Crippen molar-refractivity contribution in [3.63, 3.8) is 0 Å². The summed E-state index contributed by atoms with van der Waals surface area (Å²) in [6, 6.07) is 0.609. The summed E-state index contributed by atoms with van der Waals surface area (Å²) >= 11 is 0. The number of nitrogen functional groups attached to an aromatic ring is 1. The highest BCUT2D eigenvalue weighted by Gasteiger charge is 2.27. The molecule has 0 bridgehead atoms. The van der Waals surface area contributed by atoms with E-state index in [0.29, 0.717) is 17.4 Å². The van der Waals surface area contributed by atoms with Crippen LogP contribution in [0.3, 0.4) is 0 Å². The number of nitrogens with one attached hydrogen (secondary N) is 1. The lowest BCUT2D eigenvalue weighted by molar-refractivity contribution is 0.205. The van der Waals surface area contributed by atoms with Crippen LogP contribution in [0.5, 0.6) is 0 Å². The first-order valence-corrected chi connectivity index (χ1v) is 6.84. The van der Waals surface area contributed by atoms with Crippen molar-refractivity contribution in [2.45, 2.75) is 18.9 Å². The summed E-state index contributed by atoms with van der Waals surface area (Å²) in [6.07, 6.45) is 4.88. The molecule has 2 fully saturated rings. The molecule has 3 N–H and O–H groups in total. The summed E-state index contributed by atoms with van der Waals surface area (Å²) in [7, 11) is 0. The first-order chi connectivity index (χ1) is 9.25.